The molecule has 1 N–H and O–H groups in total. The van der Waals surface area contributed by atoms with Gasteiger partial charge in [-0.15, -0.1) is 11.6 Å². The van der Waals surface area contributed by atoms with Crippen LogP contribution >= 0.6 is 11.6 Å². The number of nitrogens with zero attached hydrogens (tertiary/aromatic N) is 2. The largest absolute Gasteiger partial charge is 0.481 e. The fraction of sp³-hybridized carbons (Fsp3) is 0.286. The average molecular weight is 297 g/mol. The number of halogens is 1. The molecule has 0 bridgehead atoms. The molecule has 5 nitrogen and oxygen atoms in total. The molecule has 2 heterocycles. The summed E-state index contributed by atoms with van der Waals surface area (Å²) in [5, 5.41) is 8.62. The van der Waals surface area contributed by atoms with Crippen LogP contribution < -0.4 is 9.47 Å². The summed E-state index contributed by atoms with van der Waals surface area (Å²) >= 11 is 5.54. The number of aliphatic hydroxyl groups excluding tert-OH is 1. The minimum atomic E-state index is 0.0248. The normalized spacial score (nSPS) is 9.40. The number of hydrogen-bond acceptors (Lipinski definition) is 5. The molecule has 0 aliphatic heterocycles. The molecule has 0 aliphatic rings. The molecule has 0 unspecified atom stereocenters. The number of methoxy groups -OCH3 is 2. The lowest BCUT2D eigenvalue weighted by Gasteiger charge is -1.97. The van der Waals surface area contributed by atoms with Crippen molar-refractivity contribution < 1.29 is 14.6 Å². The van der Waals surface area contributed by atoms with E-state index in [1.54, 1.807) is 44.8 Å². The Labute approximate surface area is 123 Å². The third kappa shape index (κ3) is 5.42. The maximum absolute atomic E-state index is 8.62. The fourth-order valence-electron chi connectivity index (χ4n) is 1.24. The first-order valence-electron chi connectivity index (χ1n) is 5.88. The molecule has 0 spiro atoms. The third-order valence-electron chi connectivity index (χ3n) is 2.35. The summed E-state index contributed by atoms with van der Waals surface area (Å²) in [6.45, 7) is 0.0248. The molecule has 0 fully saturated rings. The molecule has 2 rings (SSSR count). The molecular formula is C14H17ClN2O3. The van der Waals surface area contributed by atoms with Gasteiger partial charge >= 0.3 is 0 Å². The molecule has 0 saturated carbocycles. The van der Waals surface area contributed by atoms with Gasteiger partial charge in [-0.2, -0.15) is 0 Å². The van der Waals surface area contributed by atoms with Gasteiger partial charge in [0.1, 0.15) is 0 Å². The summed E-state index contributed by atoms with van der Waals surface area (Å²) in [6, 6.07) is 7.16. The summed E-state index contributed by atoms with van der Waals surface area (Å²) in [5.74, 6) is 1.68. The third-order valence-corrected chi connectivity index (χ3v) is 2.66. The highest BCUT2D eigenvalue weighted by Crippen LogP contribution is 2.07. The van der Waals surface area contributed by atoms with E-state index in [-0.39, 0.29) is 6.61 Å². The van der Waals surface area contributed by atoms with Gasteiger partial charge in [0.05, 0.1) is 20.8 Å². The number of aliphatic hydroxyl groups is 1. The smallest absolute Gasteiger partial charge is 0.212 e. The molecule has 0 atom stereocenters. The highest BCUT2D eigenvalue weighted by atomic mass is 35.5. The van der Waals surface area contributed by atoms with Crippen molar-refractivity contribution in [2.45, 2.75) is 12.5 Å². The second kappa shape index (κ2) is 9.12. The van der Waals surface area contributed by atoms with Gasteiger partial charge in [-0.1, -0.05) is 6.07 Å². The van der Waals surface area contributed by atoms with Gasteiger partial charge in [0.2, 0.25) is 11.8 Å². The van der Waals surface area contributed by atoms with Gasteiger partial charge in [-0.25, -0.2) is 9.97 Å². The first-order chi connectivity index (χ1) is 9.73. The number of ether oxygens (including phenoxy) is 2. The van der Waals surface area contributed by atoms with E-state index in [1.807, 2.05) is 6.07 Å². The maximum atomic E-state index is 8.62. The average Bonchev–Trinajstić information content (AvgIpc) is 2.55. The van der Waals surface area contributed by atoms with Gasteiger partial charge in [0, 0.05) is 30.4 Å². The zero-order valence-corrected chi connectivity index (χ0v) is 12.2. The van der Waals surface area contributed by atoms with E-state index in [0.29, 0.717) is 17.6 Å². The molecule has 0 saturated heterocycles. The Hall–Kier alpha value is -1.85. The van der Waals surface area contributed by atoms with Crippen molar-refractivity contribution in [1.29, 1.82) is 0 Å². The van der Waals surface area contributed by atoms with Crippen molar-refractivity contribution in [2.24, 2.45) is 0 Å². The van der Waals surface area contributed by atoms with Crippen LogP contribution in [0.4, 0.5) is 0 Å². The van der Waals surface area contributed by atoms with E-state index in [1.165, 1.54) is 0 Å². The molecule has 0 amide bonds. The second-order valence-electron chi connectivity index (χ2n) is 3.71. The molecular weight excluding hydrogens is 280 g/mol. The molecule has 0 aromatic carbocycles. The Morgan fingerprint density at radius 3 is 1.75 bits per heavy atom. The number of hydrogen-bond donors (Lipinski definition) is 1. The molecule has 2 aromatic heterocycles. The summed E-state index contributed by atoms with van der Waals surface area (Å²) < 4.78 is 9.68. The SMILES string of the molecule is COc1ccc(CCl)cn1.COc1ccc(CO)cn1. The number of rotatable bonds is 4. The van der Waals surface area contributed by atoms with Gasteiger partial charge in [0.15, 0.2) is 0 Å². The molecule has 0 radical (unpaired) electrons. The lowest BCUT2D eigenvalue weighted by Crippen LogP contribution is -1.88. The van der Waals surface area contributed by atoms with Crippen molar-refractivity contribution >= 4 is 11.6 Å². The topological polar surface area (TPSA) is 64.5 Å². The van der Waals surface area contributed by atoms with E-state index in [9.17, 15) is 0 Å². The van der Waals surface area contributed by atoms with Gasteiger partial charge < -0.3 is 14.6 Å². The minimum absolute atomic E-state index is 0.0248. The molecule has 0 aliphatic carbocycles. The molecule has 20 heavy (non-hydrogen) atoms. The van der Waals surface area contributed by atoms with Gasteiger partial charge in [-0.05, 0) is 17.2 Å². The van der Waals surface area contributed by atoms with Crippen LogP contribution in [0.25, 0.3) is 0 Å². The molecule has 108 valence electrons. The van der Waals surface area contributed by atoms with Crippen molar-refractivity contribution in [3.8, 4) is 11.8 Å². The van der Waals surface area contributed by atoms with Crippen molar-refractivity contribution in [1.82, 2.24) is 9.97 Å². The second-order valence-corrected chi connectivity index (χ2v) is 3.98. The summed E-state index contributed by atoms with van der Waals surface area (Å²) in [4.78, 5) is 7.85. The zero-order valence-electron chi connectivity index (χ0n) is 11.4. The number of pyridine rings is 2. The van der Waals surface area contributed by atoms with Crippen LogP contribution in [-0.4, -0.2) is 29.3 Å². The van der Waals surface area contributed by atoms with E-state index < -0.39 is 0 Å². The highest BCUT2D eigenvalue weighted by Gasteiger charge is 1.92. The van der Waals surface area contributed by atoms with Crippen LogP contribution in [0.5, 0.6) is 11.8 Å². The molecule has 6 heteroatoms. The van der Waals surface area contributed by atoms with Gasteiger partial charge in [0.25, 0.3) is 0 Å². The van der Waals surface area contributed by atoms with Crippen LogP contribution in [0.1, 0.15) is 11.1 Å². The van der Waals surface area contributed by atoms with E-state index >= 15 is 0 Å². The van der Waals surface area contributed by atoms with Crippen molar-refractivity contribution in [3.63, 3.8) is 0 Å². The highest BCUT2D eigenvalue weighted by molar-refractivity contribution is 6.17. The Balaban J connectivity index is 0.000000200. The van der Waals surface area contributed by atoms with Gasteiger partial charge in [-0.3, -0.25) is 0 Å². The monoisotopic (exact) mass is 296 g/mol. The van der Waals surface area contributed by atoms with Crippen LogP contribution in [0.15, 0.2) is 36.7 Å². The van der Waals surface area contributed by atoms with Crippen molar-refractivity contribution in [3.05, 3.63) is 47.8 Å². The predicted molar refractivity (Wildman–Crippen MR) is 77.1 cm³/mol. The Bertz CT molecular complexity index is 395. The van der Waals surface area contributed by atoms with Crippen molar-refractivity contribution in [2.75, 3.05) is 14.2 Å². The lowest BCUT2D eigenvalue weighted by molar-refractivity contribution is 0.281. The number of alkyl halides is 1. The van der Waals surface area contributed by atoms with Crippen LogP contribution in [0.3, 0.4) is 0 Å². The van der Waals surface area contributed by atoms with Crippen LogP contribution in [0.2, 0.25) is 0 Å². The molecule has 2 aromatic rings. The summed E-state index contributed by atoms with van der Waals surface area (Å²) in [6.07, 6.45) is 3.28. The standard InChI is InChI=1S/C7H8ClNO.C7H9NO2/c1-10-7-3-2-6(4-8)5-9-7;1-10-7-3-2-6(5-9)4-8-7/h2-3,5H,4H2,1H3;2-4,9H,5H2,1H3. The number of aromatic nitrogens is 2. The first kappa shape index (κ1) is 16.2. The van der Waals surface area contributed by atoms with E-state index in [0.717, 1.165) is 11.1 Å². The maximum Gasteiger partial charge on any atom is 0.212 e. The summed E-state index contributed by atoms with van der Waals surface area (Å²) in [7, 11) is 3.14. The van der Waals surface area contributed by atoms with E-state index in [2.05, 4.69) is 9.97 Å². The minimum Gasteiger partial charge on any atom is -0.481 e. The quantitative estimate of drug-likeness (QED) is 0.878. The summed E-state index contributed by atoms with van der Waals surface area (Å²) in [5.41, 5.74) is 1.79. The Morgan fingerprint density at radius 2 is 1.45 bits per heavy atom. The predicted octanol–water partition coefficient (Wildman–Crippen LogP) is 2.41. The fourth-order valence-corrected chi connectivity index (χ4v) is 1.39. The van der Waals surface area contributed by atoms with Crippen LogP contribution in [-0.2, 0) is 12.5 Å². The Kier molecular flexibility index (Phi) is 7.39. The lowest BCUT2D eigenvalue weighted by atomic mass is 10.3. The first-order valence-corrected chi connectivity index (χ1v) is 6.41. The van der Waals surface area contributed by atoms with E-state index in [4.69, 9.17) is 26.2 Å². The Morgan fingerprint density at radius 1 is 0.950 bits per heavy atom. The zero-order chi connectivity index (χ0) is 14.8. The van der Waals surface area contributed by atoms with Crippen LogP contribution in [0, 0.1) is 0 Å².